The maximum atomic E-state index is 13.4. The maximum Gasteiger partial charge on any atom is 0.414 e. The molecule has 1 aromatic heterocycles. The van der Waals surface area contributed by atoms with Crippen molar-refractivity contribution in [3.05, 3.63) is 46.9 Å². The van der Waals surface area contributed by atoms with E-state index in [9.17, 15) is 18.0 Å². The standard InChI is InChI=1S/C21H24N2O7S/c1-13-18(20(24)28-3)19(14(2)30-13)31(26,27)22-10-8-16(9-11-22)23-17-7-5-4-6-15(17)12-29-21(23)25/h4-7,16H,8-12H2,1-3H3. The minimum Gasteiger partial charge on any atom is -0.465 e. The van der Waals surface area contributed by atoms with Crippen molar-refractivity contribution in [3.63, 3.8) is 0 Å². The zero-order valence-corrected chi connectivity index (χ0v) is 18.4. The van der Waals surface area contributed by atoms with E-state index in [4.69, 9.17) is 13.9 Å². The number of methoxy groups -OCH3 is 1. The van der Waals surface area contributed by atoms with Crippen LogP contribution in [-0.4, -0.2) is 51.0 Å². The Hall–Kier alpha value is -2.85. The molecule has 0 N–H and O–H groups in total. The third-order valence-corrected chi connectivity index (χ3v) is 7.83. The van der Waals surface area contributed by atoms with E-state index in [-0.39, 0.29) is 47.7 Å². The number of ether oxygens (including phenoxy) is 2. The Bertz CT molecular complexity index is 1130. The number of sulfonamides is 1. The van der Waals surface area contributed by atoms with Crippen LogP contribution in [0.4, 0.5) is 10.5 Å². The summed E-state index contributed by atoms with van der Waals surface area (Å²) in [5, 5.41) is 0. The number of hydrogen-bond donors (Lipinski definition) is 0. The summed E-state index contributed by atoms with van der Waals surface area (Å²) >= 11 is 0. The molecule has 1 aromatic carbocycles. The minimum absolute atomic E-state index is 0.0735. The molecule has 0 atom stereocenters. The van der Waals surface area contributed by atoms with Gasteiger partial charge in [-0.2, -0.15) is 4.31 Å². The predicted octanol–water partition coefficient (Wildman–Crippen LogP) is 2.99. The number of para-hydroxylation sites is 1. The van der Waals surface area contributed by atoms with Crippen molar-refractivity contribution in [2.24, 2.45) is 0 Å². The number of fused-ring (bicyclic) bond motifs is 1. The van der Waals surface area contributed by atoms with E-state index in [0.29, 0.717) is 12.8 Å². The van der Waals surface area contributed by atoms with E-state index >= 15 is 0 Å². The van der Waals surface area contributed by atoms with Crippen molar-refractivity contribution < 1.29 is 31.9 Å². The Balaban J connectivity index is 1.58. The van der Waals surface area contributed by atoms with Gasteiger partial charge in [0.1, 0.15) is 28.6 Å². The van der Waals surface area contributed by atoms with Crippen LogP contribution in [0, 0.1) is 13.8 Å². The summed E-state index contributed by atoms with van der Waals surface area (Å²) in [5.74, 6) is -0.408. The third kappa shape index (κ3) is 3.59. The Kier molecular flexibility index (Phi) is 5.52. The summed E-state index contributed by atoms with van der Waals surface area (Å²) in [6, 6.07) is 7.35. The number of cyclic esters (lactones) is 1. The predicted molar refractivity (Wildman–Crippen MR) is 110 cm³/mol. The topological polar surface area (TPSA) is 106 Å². The van der Waals surface area contributed by atoms with Crippen LogP contribution in [0.15, 0.2) is 33.6 Å². The quantitative estimate of drug-likeness (QED) is 0.662. The van der Waals surface area contributed by atoms with Gasteiger partial charge in [0, 0.05) is 24.7 Å². The molecule has 166 valence electrons. The Morgan fingerprint density at radius 3 is 2.48 bits per heavy atom. The highest BCUT2D eigenvalue weighted by atomic mass is 32.2. The van der Waals surface area contributed by atoms with Crippen molar-refractivity contribution in [2.45, 2.75) is 44.2 Å². The van der Waals surface area contributed by atoms with Gasteiger partial charge in [-0.1, -0.05) is 18.2 Å². The molecule has 0 radical (unpaired) electrons. The van der Waals surface area contributed by atoms with Gasteiger partial charge in [-0.05, 0) is 32.8 Å². The highest BCUT2D eigenvalue weighted by Gasteiger charge is 2.40. The molecule has 10 heteroatoms. The molecule has 0 spiro atoms. The molecule has 1 saturated heterocycles. The van der Waals surface area contributed by atoms with Gasteiger partial charge < -0.3 is 13.9 Å². The number of esters is 1. The second kappa shape index (κ2) is 8.01. The van der Waals surface area contributed by atoms with E-state index in [1.165, 1.54) is 25.3 Å². The summed E-state index contributed by atoms with van der Waals surface area (Å²) < 4.78 is 43.5. The Labute approximate surface area is 180 Å². The first-order valence-corrected chi connectivity index (χ1v) is 11.4. The van der Waals surface area contributed by atoms with Gasteiger partial charge in [-0.15, -0.1) is 0 Å². The number of hydrogen-bond acceptors (Lipinski definition) is 7. The van der Waals surface area contributed by atoms with Gasteiger partial charge in [-0.25, -0.2) is 18.0 Å². The number of benzene rings is 1. The number of nitrogens with zero attached hydrogens (tertiary/aromatic N) is 2. The highest BCUT2D eigenvalue weighted by Crippen LogP contribution is 2.35. The smallest absolute Gasteiger partial charge is 0.414 e. The van der Waals surface area contributed by atoms with Crippen molar-refractivity contribution in [1.29, 1.82) is 0 Å². The third-order valence-electron chi connectivity index (χ3n) is 5.78. The molecule has 31 heavy (non-hydrogen) atoms. The zero-order chi connectivity index (χ0) is 22.3. The van der Waals surface area contributed by atoms with E-state index in [1.807, 2.05) is 24.3 Å². The van der Waals surface area contributed by atoms with E-state index in [2.05, 4.69) is 0 Å². The molecule has 2 aromatic rings. The first-order valence-electron chi connectivity index (χ1n) is 9.98. The second-order valence-electron chi connectivity index (χ2n) is 7.60. The Morgan fingerprint density at radius 1 is 1.13 bits per heavy atom. The number of anilines is 1. The first-order chi connectivity index (χ1) is 14.8. The van der Waals surface area contributed by atoms with Crippen LogP contribution in [0.5, 0.6) is 0 Å². The molecule has 9 nitrogen and oxygen atoms in total. The number of piperidine rings is 1. The summed E-state index contributed by atoms with van der Waals surface area (Å²) in [5.41, 5.74) is 1.65. The monoisotopic (exact) mass is 448 g/mol. The SMILES string of the molecule is COC(=O)c1c(C)oc(C)c1S(=O)(=O)N1CCC(N2C(=O)OCc3ccccc32)CC1. The molecule has 1 fully saturated rings. The highest BCUT2D eigenvalue weighted by molar-refractivity contribution is 7.89. The van der Waals surface area contributed by atoms with Crippen molar-refractivity contribution >= 4 is 27.8 Å². The van der Waals surface area contributed by atoms with Crippen molar-refractivity contribution in [2.75, 3.05) is 25.1 Å². The first kappa shape index (κ1) is 21.4. The molecule has 0 unspecified atom stereocenters. The Morgan fingerprint density at radius 2 is 1.81 bits per heavy atom. The van der Waals surface area contributed by atoms with Gasteiger partial charge in [0.2, 0.25) is 10.0 Å². The van der Waals surface area contributed by atoms with E-state index in [1.54, 1.807) is 4.90 Å². The van der Waals surface area contributed by atoms with Crippen molar-refractivity contribution in [3.8, 4) is 0 Å². The van der Waals surface area contributed by atoms with Crippen LogP contribution in [0.2, 0.25) is 0 Å². The number of furan rings is 1. The van der Waals surface area contributed by atoms with Crippen molar-refractivity contribution in [1.82, 2.24) is 4.31 Å². The van der Waals surface area contributed by atoms with Crippen LogP contribution < -0.4 is 4.90 Å². The second-order valence-corrected chi connectivity index (χ2v) is 9.47. The molecule has 0 saturated carbocycles. The van der Waals surface area contributed by atoms with Crippen LogP contribution in [0.25, 0.3) is 0 Å². The lowest BCUT2D eigenvalue weighted by Crippen LogP contribution is -2.50. The summed E-state index contributed by atoms with van der Waals surface area (Å²) in [4.78, 5) is 26.1. The van der Waals surface area contributed by atoms with Gasteiger partial charge in [0.15, 0.2) is 0 Å². The average molecular weight is 448 g/mol. The molecule has 1 amide bonds. The number of amides is 1. The van der Waals surface area contributed by atoms with Gasteiger partial charge in [0.25, 0.3) is 0 Å². The van der Waals surface area contributed by atoms with Gasteiger partial charge >= 0.3 is 12.1 Å². The molecule has 4 rings (SSSR count). The number of aryl methyl sites for hydroxylation is 2. The van der Waals surface area contributed by atoms with Gasteiger partial charge in [-0.3, -0.25) is 4.90 Å². The number of carbonyl (C=O) groups excluding carboxylic acids is 2. The average Bonchev–Trinajstić information content (AvgIpc) is 3.07. The lowest BCUT2D eigenvalue weighted by Gasteiger charge is -2.39. The fraction of sp³-hybridized carbons (Fsp3) is 0.429. The minimum atomic E-state index is -3.98. The lowest BCUT2D eigenvalue weighted by molar-refractivity contribution is 0.0594. The van der Waals surface area contributed by atoms with Crippen LogP contribution in [0.1, 0.15) is 40.3 Å². The molecule has 3 heterocycles. The van der Waals surface area contributed by atoms with Gasteiger partial charge in [0.05, 0.1) is 12.8 Å². The molecular weight excluding hydrogens is 424 g/mol. The fourth-order valence-electron chi connectivity index (χ4n) is 4.30. The summed E-state index contributed by atoms with van der Waals surface area (Å²) in [6.45, 7) is 3.67. The fourth-order valence-corrected chi connectivity index (χ4v) is 6.14. The van der Waals surface area contributed by atoms with E-state index < -0.39 is 22.1 Å². The summed E-state index contributed by atoms with van der Waals surface area (Å²) in [7, 11) is -2.79. The summed E-state index contributed by atoms with van der Waals surface area (Å²) in [6.07, 6.45) is 0.451. The lowest BCUT2D eigenvalue weighted by atomic mass is 10.0. The largest absolute Gasteiger partial charge is 0.465 e. The molecule has 0 aliphatic carbocycles. The molecular formula is C21H24N2O7S. The molecule has 2 aliphatic rings. The van der Waals surface area contributed by atoms with Crippen LogP contribution in [0.3, 0.4) is 0 Å². The zero-order valence-electron chi connectivity index (χ0n) is 17.6. The number of carbonyl (C=O) groups is 2. The molecule has 2 aliphatic heterocycles. The van der Waals surface area contributed by atoms with Crippen LogP contribution >= 0.6 is 0 Å². The molecule has 0 bridgehead atoms. The maximum absolute atomic E-state index is 13.4. The van der Waals surface area contributed by atoms with Crippen LogP contribution in [-0.2, 0) is 26.1 Å². The van der Waals surface area contributed by atoms with E-state index in [0.717, 1.165) is 11.3 Å². The normalized spacial score (nSPS) is 17.9. The number of rotatable bonds is 4.